The van der Waals surface area contributed by atoms with Gasteiger partial charge >= 0.3 is 0 Å². The minimum Gasteiger partial charge on any atom is -0.454 e. The van der Waals surface area contributed by atoms with E-state index < -0.39 is 0 Å². The molecule has 1 amide bonds. The largest absolute Gasteiger partial charge is 0.454 e. The first kappa shape index (κ1) is 18.4. The third-order valence-corrected chi connectivity index (χ3v) is 5.96. The van der Waals surface area contributed by atoms with E-state index in [0.29, 0.717) is 27.4 Å². The molecule has 2 aromatic heterocycles. The number of anilines is 1. The van der Waals surface area contributed by atoms with Crippen molar-refractivity contribution in [3.63, 3.8) is 0 Å². The number of hydrogen-bond acceptors (Lipinski definition) is 6. The molecular weight excluding hydrogens is 402 g/mol. The summed E-state index contributed by atoms with van der Waals surface area (Å²) >= 11 is 1.42. The number of nitrogens with one attached hydrogen (secondary N) is 1. The summed E-state index contributed by atoms with van der Waals surface area (Å²) in [7, 11) is 0. The van der Waals surface area contributed by atoms with Crippen LogP contribution < -0.4 is 20.3 Å². The zero-order valence-corrected chi connectivity index (χ0v) is 16.6. The number of amides is 1. The second-order valence-electron chi connectivity index (χ2n) is 6.80. The van der Waals surface area contributed by atoms with Crippen molar-refractivity contribution in [2.45, 2.75) is 13.0 Å². The van der Waals surface area contributed by atoms with Crippen molar-refractivity contribution < 1.29 is 14.3 Å². The van der Waals surface area contributed by atoms with Crippen LogP contribution in [0.1, 0.15) is 6.42 Å². The lowest BCUT2D eigenvalue weighted by atomic mass is 10.2. The van der Waals surface area contributed by atoms with E-state index in [1.165, 1.54) is 22.2 Å². The molecule has 0 aliphatic carbocycles. The number of aryl methyl sites for hydroxylation is 1. The van der Waals surface area contributed by atoms with Crippen LogP contribution >= 0.6 is 11.3 Å². The molecule has 0 spiro atoms. The van der Waals surface area contributed by atoms with Crippen LogP contribution in [0.25, 0.3) is 20.7 Å². The van der Waals surface area contributed by atoms with Crippen LogP contribution in [0.2, 0.25) is 0 Å². The molecule has 4 aromatic rings. The van der Waals surface area contributed by atoms with Gasteiger partial charge in [0.1, 0.15) is 4.70 Å². The smallest absolute Gasteiger partial charge is 0.271 e. The van der Waals surface area contributed by atoms with Gasteiger partial charge in [0.05, 0.1) is 11.8 Å². The Morgan fingerprint density at radius 1 is 1.10 bits per heavy atom. The Bertz CT molecular complexity index is 1300. The van der Waals surface area contributed by atoms with Crippen LogP contribution in [0.3, 0.4) is 0 Å². The van der Waals surface area contributed by atoms with Gasteiger partial charge in [-0.05, 0) is 23.8 Å². The first-order chi connectivity index (χ1) is 14.7. The Balaban J connectivity index is 1.30. The summed E-state index contributed by atoms with van der Waals surface area (Å²) in [6.45, 7) is 0.427. The molecule has 3 heterocycles. The molecule has 7 nitrogen and oxygen atoms in total. The summed E-state index contributed by atoms with van der Waals surface area (Å²) in [5.74, 6) is 1.06. The third kappa shape index (κ3) is 3.53. The molecule has 0 bridgehead atoms. The Morgan fingerprint density at radius 2 is 1.93 bits per heavy atom. The highest BCUT2D eigenvalue weighted by Gasteiger charge is 2.15. The summed E-state index contributed by atoms with van der Waals surface area (Å²) in [5, 5.41) is 2.82. The molecule has 8 heteroatoms. The highest BCUT2D eigenvalue weighted by atomic mass is 32.1. The number of ether oxygens (including phenoxy) is 2. The second kappa shape index (κ2) is 7.64. The molecular formula is C22H17N3O4S. The summed E-state index contributed by atoms with van der Waals surface area (Å²) in [6, 6.07) is 17.0. The number of carbonyl (C=O) groups is 1. The molecule has 0 atom stereocenters. The number of aromatic nitrogens is 2. The maximum absolute atomic E-state index is 12.8. The molecule has 1 aliphatic heterocycles. The third-order valence-electron chi connectivity index (χ3n) is 4.80. The molecule has 150 valence electrons. The molecule has 0 saturated heterocycles. The van der Waals surface area contributed by atoms with E-state index in [2.05, 4.69) is 10.3 Å². The number of hydrogen-bond donors (Lipinski definition) is 1. The van der Waals surface area contributed by atoms with E-state index in [1.807, 2.05) is 36.4 Å². The van der Waals surface area contributed by atoms with Gasteiger partial charge in [0.25, 0.3) is 5.56 Å². The molecule has 5 rings (SSSR count). The molecule has 2 aromatic carbocycles. The van der Waals surface area contributed by atoms with Crippen molar-refractivity contribution in [3.05, 3.63) is 71.3 Å². The lowest BCUT2D eigenvalue weighted by molar-refractivity contribution is -0.116. The lowest BCUT2D eigenvalue weighted by Crippen LogP contribution is -2.23. The number of carbonyl (C=O) groups excluding carboxylic acids is 1. The second-order valence-corrected chi connectivity index (χ2v) is 7.85. The number of benzene rings is 2. The zero-order valence-electron chi connectivity index (χ0n) is 15.8. The van der Waals surface area contributed by atoms with Crippen molar-refractivity contribution in [2.24, 2.45) is 0 Å². The Hall–Kier alpha value is -3.65. The van der Waals surface area contributed by atoms with Gasteiger partial charge in [0.2, 0.25) is 12.7 Å². The number of nitrogens with zero attached hydrogens (tertiary/aromatic N) is 2. The van der Waals surface area contributed by atoms with Gasteiger partial charge in [-0.3, -0.25) is 14.2 Å². The maximum atomic E-state index is 12.8. The normalized spacial score (nSPS) is 12.3. The summed E-state index contributed by atoms with van der Waals surface area (Å²) in [4.78, 5) is 30.6. The van der Waals surface area contributed by atoms with Gasteiger partial charge in [-0.1, -0.05) is 30.3 Å². The van der Waals surface area contributed by atoms with Gasteiger partial charge in [0.15, 0.2) is 11.5 Å². The fourth-order valence-corrected chi connectivity index (χ4v) is 4.33. The molecule has 1 aliphatic rings. The summed E-state index contributed by atoms with van der Waals surface area (Å²) in [5.41, 5.74) is 2.21. The van der Waals surface area contributed by atoms with E-state index >= 15 is 0 Å². The maximum Gasteiger partial charge on any atom is 0.271 e. The van der Waals surface area contributed by atoms with Crippen LogP contribution in [0.4, 0.5) is 5.69 Å². The van der Waals surface area contributed by atoms with Crippen molar-refractivity contribution in [1.29, 1.82) is 0 Å². The highest BCUT2D eigenvalue weighted by molar-refractivity contribution is 7.22. The van der Waals surface area contributed by atoms with E-state index in [4.69, 9.17) is 9.47 Å². The average Bonchev–Trinajstić information content (AvgIpc) is 3.41. The Morgan fingerprint density at radius 3 is 2.80 bits per heavy atom. The van der Waals surface area contributed by atoms with Gasteiger partial charge in [0, 0.05) is 29.6 Å². The monoisotopic (exact) mass is 419 g/mol. The summed E-state index contributed by atoms with van der Waals surface area (Å²) < 4.78 is 12.6. The zero-order chi connectivity index (χ0) is 20.5. The highest BCUT2D eigenvalue weighted by Crippen LogP contribution is 2.34. The first-order valence-electron chi connectivity index (χ1n) is 9.41. The van der Waals surface area contributed by atoms with Gasteiger partial charge in [-0.25, -0.2) is 4.98 Å². The van der Waals surface area contributed by atoms with Crippen LogP contribution in [0.5, 0.6) is 11.5 Å². The molecule has 0 unspecified atom stereocenters. The minimum absolute atomic E-state index is 0.136. The number of rotatable bonds is 5. The predicted molar refractivity (Wildman–Crippen MR) is 115 cm³/mol. The van der Waals surface area contributed by atoms with Crippen molar-refractivity contribution >= 4 is 33.1 Å². The van der Waals surface area contributed by atoms with E-state index in [-0.39, 0.29) is 31.2 Å². The van der Waals surface area contributed by atoms with E-state index in [1.54, 1.807) is 18.2 Å². The quantitative estimate of drug-likeness (QED) is 0.531. The van der Waals surface area contributed by atoms with E-state index in [0.717, 1.165) is 10.4 Å². The number of thiophene rings is 1. The molecule has 0 fully saturated rings. The van der Waals surface area contributed by atoms with Crippen molar-refractivity contribution in [3.8, 4) is 21.9 Å². The SMILES string of the molecule is O=C(CCn1cnc2cc(-c3ccccc3)sc2c1=O)Nc1ccc2c(c1)OCO2. The van der Waals surface area contributed by atoms with Crippen LogP contribution in [0, 0.1) is 0 Å². The summed E-state index contributed by atoms with van der Waals surface area (Å²) in [6.07, 6.45) is 1.65. The fourth-order valence-electron chi connectivity index (χ4n) is 3.27. The van der Waals surface area contributed by atoms with Crippen LogP contribution in [-0.4, -0.2) is 22.3 Å². The lowest BCUT2D eigenvalue weighted by Gasteiger charge is -2.07. The van der Waals surface area contributed by atoms with E-state index in [9.17, 15) is 9.59 Å². The van der Waals surface area contributed by atoms with Crippen LogP contribution in [-0.2, 0) is 11.3 Å². The van der Waals surface area contributed by atoms with Crippen molar-refractivity contribution in [2.75, 3.05) is 12.1 Å². The average molecular weight is 419 g/mol. The Kier molecular flexibility index (Phi) is 4.68. The number of fused-ring (bicyclic) bond motifs is 2. The van der Waals surface area contributed by atoms with Gasteiger partial charge in [-0.15, -0.1) is 11.3 Å². The molecule has 1 N–H and O–H groups in total. The van der Waals surface area contributed by atoms with Gasteiger partial charge in [-0.2, -0.15) is 0 Å². The Labute approximate surface area is 175 Å². The topological polar surface area (TPSA) is 82.5 Å². The van der Waals surface area contributed by atoms with Crippen LogP contribution in [0.15, 0.2) is 65.7 Å². The standard InChI is InChI=1S/C22H17N3O4S/c26-20(24-15-6-7-17-18(10-15)29-13-28-17)8-9-25-12-23-16-11-19(30-21(16)22(25)27)14-4-2-1-3-5-14/h1-7,10-12H,8-9,13H2,(H,24,26). The first-order valence-corrected chi connectivity index (χ1v) is 10.2. The van der Waals surface area contributed by atoms with Gasteiger partial charge < -0.3 is 14.8 Å². The van der Waals surface area contributed by atoms with Crippen molar-refractivity contribution in [1.82, 2.24) is 9.55 Å². The minimum atomic E-state index is -0.197. The predicted octanol–water partition coefficient (Wildman–Crippen LogP) is 3.88. The fraction of sp³-hybridized carbons (Fsp3) is 0.136. The molecule has 30 heavy (non-hydrogen) atoms. The molecule has 0 radical (unpaired) electrons. The molecule has 0 saturated carbocycles.